The molecule has 9 heteroatoms. The third-order valence-electron chi connectivity index (χ3n) is 3.82. The molecule has 0 unspecified atom stereocenters. The maximum Gasteiger partial charge on any atom is 0.422 e. The lowest BCUT2D eigenvalue weighted by Gasteiger charge is -2.23. The van der Waals surface area contributed by atoms with Crippen LogP contribution in [0.15, 0.2) is 23.3 Å². The largest absolute Gasteiger partial charge is 0.468 e. The molecule has 0 spiro atoms. The lowest BCUT2D eigenvalue weighted by atomic mass is 9.93. The van der Waals surface area contributed by atoms with Gasteiger partial charge in [0.1, 0.15) is 0 Å². The van der Waals surface area contributed by atoms with Crippen molar-refractivity contribution in [3.05, 3.63) is 23.9 Å². The molecule has 1 saturated heterocycles. The highest BCUT2D eigenvalue weighted by Gasteiger charge is 2.31. The van der Waals surface area contributed by atoms with Gasteiger partial charge in [-0.1, -0.05) is 13.8 Å². The lowest BCUT2D eigenvalue weighted by Crippen LogP contribution is -2.40. The zero-order chi connectivity index (χ0) is 17.8. The van der Waals surface area contributed by atoms with Crippen molar-refractivity contribution in [3.63, 3.8) is 0 Å². The van der Waals surface area contributed by atoms with Gasteiger partial charge in [0.05, 0.1) is 0 Å². The summed E-state index contributed by atoms with van der Waals surface area (Å²) in [4.78, 5) is 10.3. The summed E-state index contributed by atoms with van der Waals surface area (Å²) in [6, 6.07) is 3.23. The predicted octanol–water partition coefficient (Wildman–Crippen LogP) is 3.45. The van der Waals surface area contributed by atoms with Gasteiger partial charge in [0.15, 0.2) is 12.6 Å². The fourth-order valence-electron chi connectivity index (χ4n) is 2.60. The van der Waals surface area contributed by atoms with Crippen LogP contribution < -0.4 is 10.1 Å². The summed E-state index contributed by atoms with van der Waals surface area (Å²) in [7, 11) is 1.72. The highest BCUT2D eigenvalue weighted by molar-refractivity contribution is 14.0. The number of aromatic nitrogens is 1. The number of halogens is 4. The monoisotopic (exact) mass is 472 g/mol. The van der Waals surface area contributed by atoms with E-state index in [-0.39, 0.29) is 35.3 Å². The van der Waals surface area contributed by atoms with Crippen LogP contribution in [-0.4, -0.2) is 48.8 Å². The van der Waals surface area contributed by atoms with Gasteiger partial charge in [0.25, 0.3) is 0 Å². The molecule has 2 rings (SSSR count). The highest BCUT2D eigenvalue weighted by atomic mass is 127. The lowest BCUT2D eigenvalue weighted by molar-refractivity contribution is -0.154. The molecule has 0 aliphatic carbocycles. The van der Waals surface area contributed by atoms with Gasteiger partial charge in [-0.2, -0.15) is 13.2 Å². The molecule has 1 aliphatic heterocycles. The summed E-state index contributed by atoms with van der Waals surface area (Å²) in [5.41, 5.74) is 1.04. The van der Waals surface area contributed by atoms with Gasteiger partial charge < -0.3 is 15.0 Å². The van der Waals surface area contributed by atoms with E-state index in [1.807, 2.05) is 0 Å². The van der Waals surface area contributed by atoms with E-state index in [0.29, 0.717) is 6.54 Å². The fourth-order valence-corrected chi connectivity index (χ4v) is 2.60. The number of guanidine groups is 1. The Morgan fingerprint density at radius 1 is 1.44 bits per heavy atom. The Balaban J connectivity index is 0.00000312. The molecule has 25 heavy (non-hydrogen) atoms. The van der Waals surface area contributed by atoms with E-state index in [9.17, 15) is 13.2 Å². The molecule has 1 aromatic rings. The number of rotatable bonds is 4. The Morgan fingerprint density at radius 2 is 2.16 bits per heavy atom. The Labute approximate surface area is 163 Å². The molecule has 142 valence electrons. The van der Waals surface area contributed by atoms with Crippen molar-refractivity contribution in [2.24, 2.45) is 10.4 Å². The second kappa shape index (κ2) is 8.91. The SMILES string of the molecule is CN=C(NCc1ccnc(OCC(F)(F)F)c1)N1CCC(C)(C)C1.I. The molecule has 0 bridgehead atoms. The van der Waals surface area contributed by atoms with Crippen LogP contribution in [0.25, 0.3) is 0 Å². The Kier molecular flexibility index (Phi) is 7.76. The average Bonchev–Trinajstić information content (AvgIpc) is 2.86. The van der Waals surface area contributed by atoms with E-state index in [2.05, 4.69) is 38.8 Å². The molecule has 0 saturated carbocycles. The number of nitrogens with one attached hydrogen (secondary N) is 1. The van der Waals surface area contributed by atoms with Crippen molar-refractivity contribution in [3.8, 4) is 5.88 Å². The fraction of sp³-hybridized carbons (Fsp3) is 0.625. The van der Waals surface area contributed by atoms with E-state index in [4.69, 9.17) is 0 Å². The second-order valence-corrected chi connectivity index (χ2v) is 6.64. The van der Waals surface area contributed by atoms with Crippen molar-refractivity contribution >= 4 is 29.9 Å². The zero-order valence-electron chi connectivity index (χ0n) is 14.6. The van der Waals surface area contributed by atoms with E-state index in [0.717, 1.165) is 31.0 Å². The molecular weight excluding hydrogens is 448 g/mol. The summed E-state index contributed by atoms with van der Waals surface area (Å²) in [5.74, 6) is 0.749. The van der Waals surface area contributed by atoms with Crippen LogP contribution in [0.3, 0.4) is 0 Å². The van der Waals surface area contributed by atoms with Crippen molar-refractivity contribution in [1.29, 1.82) is 0 Å². The third kappa shape index (κ3) is 7.25. The summed E-state index contributed by atoms with van der Waals surface area (Å²) < 4.78 is 41.2. The topological polar surface area (TPSA) is 49.8 Å². The van der Waals surface area contributed by atoms with Gasteiger partial charge in [0, 0.05) is 38.9 Å². The number of nitrogens with zero attached hydrogens (tertiary/aromatic N) is 3. The third-order valence-corrected chi connectivity index (χ3v) is 3.82. The quantitative estimate of drug-likeness (QED) is 0.415. The molecular formula is C16H24F3IN4O. The van der Waals surface area contributed by atoms with Gasteiger partial charge >= 0.3 is 6.18 Å². The van der Waals surface area contributed by atoms with Crippen LogP contribution in [0.1, 0.15) is 25.8 Å². The Bertz CT molecular complexity index is 593. The van der Waals surface area contributed by atoms with E-state index in [1.165, 1.54) is 12.3 Å². The Morgan fingerprint density at radius 3 is 2.72 bits per heavy atom. The smallest absolute Gasteiger partial charge is 0.422 e. The van der Waals surface area contributed by atoms with Crippen molar-refractivity contribution in [2.75, 3.05) is 26.7 Å². The van der Waals surface area contributed by atoms with Gasteiger partial charge in [-0.05, 0) is 23.5 Å². The van der Waals surface area contributed by atoms with Crippen LogP contribution in [-0.2, 0) is 6.54 Å². The molecule has 1 fully saturated rings. The summed E-state index contributed by atoms with van der Waals surface area (Å²) in [6.45, 7) is 5.38. The highest BCUT2D eigenvalue weighted by Crippen LogP contribution is 2.28. The van der Waals surface area contributed by atoms with Crippen molar-refractivity contribution < 1.29 is 17.9 Å². The minimum absolute atomic E-state index is 0. The molecule has 5 nitrogen and oxygen atoms in total. The summed E-state index contributed by atoms with van der Waals surface area (Å²) in [5, 5.41) is 3.24. The van der Waals surface area contributed by atoms with Crippen LogP contribution >= 0.6 is 24.0 Å². The molecule has 0 radical (unpaired) electrons. The van der Waals surface area contributed by atoms with Crippen molar-refractivity contribution in [2.45, 2.75) is 33.0 Å². The van der Waals surface area contributed by atoms with E-state index in [1.54, 1.807) is 13.1 Å². The number of ether oxygens (including phenoxy) is 1. The van der Waals surface area contributed by atoms with Gasteiger partial charge in [0.2, 0.25) is 5.88 Å². The normalized spacial score (nSPS) is 17.2. The van der Waals surface area contributed by atoms with Crippen LogP contribution in [0.4, 0.5) is 13.2 Å². The summed E-state index contributed by atoms with van der Waals surface area (Å²) >= 11 is 0. The minimum Gasteiger partial charge on any atom is -0.468 e. The standard InChI is InChI=1S/C16H23F3N4O.HI/c1-15(2)5-7-23(10-15)14(20-3)22-9-12-4-6-21-13(8-12)24-11-16(17,18)19;/h4,6,8H,5,7,9-11H2,1-3H3,(H,20,22);1H. The minimum atomic E-state index is -4.37. The first-order valence-corrected chi connectivity index (χ1v) is 7.79. The molecule has 2 heterocycles. The maximum absolute atomic E-state index is 12.2. The molecule has 0 amide bonds. The number of aliphatic imine (C=N–C) groups is 1. The molecule has 1 N–H and O–H groups in total. The van der Waals surface area contributed by atoms with Crippen LogP contribution in [0.5, 0.6) is 5.88 Å². The van der Waals surface area contributed by atoms with E-state index < -0.39 is 12.8 Å². The molecule has 0 atom stereocenters. The van der Waals surface area contributed by atoms with E-state index >= 15 is 0 Å². The number of pyridine rings is 1. The second-order valence-electron chi connectivity index (χ2n) is 6.64. The number of hydrogen-bond donors (Lipinski definition) is 1. The van der Waals surface area contributed by atoms with Gasteiger partial charge in [-0.3, -0.25) is 4.99 Å². The zero-order valence-corrected chi connectivity index (χ0v) is 16.9. The summed E-state index contributed by atoms with van der Waals surface area (Å²) in [6.07, 6.45) is -1.84. The maximum atomic E-state index is 12.2. The first kappa shape index (κ1) is 21.8. The Hall–Kier alpha value is -1.26. The van der Waals surface area contributed by atoms with Crippen LogP contribution in [0.2, 0.25) is 0 Å². The number of alkyl halides is 3. The molecule has 1 aliphatic rings. The first-order valence-electron chi connectivity index (χ1n) is 7.79. The first-order chi connectivity index (χ1) is 11.2. The number of hydrogen-bond acceptors (Lipinski definition) is 3. The van der Waals surface area contributed by atoms with Crippen molar-refractivity contribution in [1.82, 2.24) is 15.2 Å². The molecule has 1 aromatic heterocycles. The predicted molar refractivity (Wildman–Crippen MR) is 101 cm³/mol. The van der Waals surface area contributed by atoms with Crippen LogP contribution in [0, 0.1) is 5.41 Å². The van der Waals surface area contributed by atoms with Gasteiger partial charge in [-0.25, -0.2) is 4.98 Å². The molecule has 0 aromatic carbocycles. The average molecular weight is 472 g/mol. The van der Waals surface area contributed by atoms with Gasteiger partial charge in [-0.15, -0.1) is 24.0 Å². The number of likely N-dealkylation sites (tertiary alicyclic amines) is 1.